The molecule has 0 saturated carbocycles. The molecule has 4 nitrogen and oxygen atoms in total. The first kappa shape index (κ1) is 10.4. The second-order valence-corrected chi connectivity index (χ2v) is 3.71. The lowest BCUT2D eigenvalue weighted by Crippen LogP contribution is -1.97. The van der Waals surface area contributed by atoms with Crippen LogP contribution in [0.2, 0.25) is 0 Å². The number of aromatic nitrogens is 2. The van der Waals surface area contributed by atoms with Crippen molar-refractivity contribution in [3.05, 3.63) is 36.2 Å². The summed E-state index contributed by atoms with van der Waals surface area (Å²) in [6.07, 6.45) is 0. The van der Waals surface area contributed by atoms with E-state index >= 15 is 0 Å². The average molecular weight is 216 g/mol. The molecular weight excluding hydrogens is 204 g/mol. The van der Waals surface area contributed by atoms with Crippen molar-refractivity contribution < 1.29 is 9.90 Å². The molecule has 0 spiro atoms. The first-order chi connectivity index (χ1) is 7.50. The number of hydrogen-bond acceptors (Lipinski definition) is 2. The van der Waals surface area contributed by atoms with Gasteiger partial charge in [-0.1, -0.05) is 12.6 Å². The highest BCUT2D eigenvalue weighted by molar-refractivity contribution is 6.15. The van der Waals surface area contributed by atoms with Gasteiger partial charge < -0.3 is 9.67 Å². The van der Waals surface area contributed by atoms with E-state index in [1.54, 1.807) is 12.1 Å². The minimum atomic E-state index is -1.01. The summed E-state index contributed by atoms with van der Waals surface area (Å²) in [7, 11) is 1.93. The summed E-state index contributed by atoms with van der Waals surface area (Å²) < 4.78 is 1.96. The minimum Gasteiger partial charge on any atom is -0.478 e. The van der Waals surface area contributed by atoms with Crippen molar-refractivity contribution in [2.24, 2.45) is 7.05 Å². The number of aliphatic carboxylic acids is 1. The Labute approximate surface area is 92.8 Å². The van der Waals surface area contributed by atoms with E-state index < -0.39 is 5.97 Å². The van der Waals surface area contributed by atoms with Gasteiger partial charge in [-0.15, -0.1) is 0 Å². The van der Waals surface area contributed by atoms with Crippen molar-refractivity contribution in [2.45, 2.75) is 6.92 Å². The van der Waals surface area contributed by atoms with Crippen LogP contribution >= 0.6 is 0 Å². The van der Waals surface area contributed by atoms with Crippen molar-refractivity contribution in [3.8, 4) is 0 Å². The van der Waals surface area contributed by atoms with Gasteiger partial charge in [0.2, 0.25) is 0 Å². The highest BCUT2D eigenvalue weighted by Gasteiger charge is 2.10. The number of carboxylic acid groups (broad SMARTS) is 1. The summed E-state index contributed by atoms with van der Waals surface area (Å²) in [4.78, 5) is 15.1. The van der Waals surface area contributed by atoms with E-state index in [1.165, 1.54) is 0 Å². The van der Waals surface area contributed by atoms with Gasteiger partial charge in [-0.2, -0.15) is 0 Å². The number of aryl methyl sites for hydroxylation is 2. The Balaban J connectivity index is 2.61. The Hall–Kier alpha value is -2.10. The van der Waals surface area contributed by atoms with Gasteiger partial charge in [0.1, 0.15) is 5.82 Å². The Kier molecular flexibility index (Phi) is 2.27. The molecule has 0 aliphatic rings. The fourth-order valence-corrected chi connectivity index (χ4v) is 1.63. The molecule has 0 aliphatic carbocycles. The van der Waals surface area contributed by atoms with E-state index in [4.69, 9.17) is 5.11 Å². The fraction of sp³-hybridized carbons (Fsp3) is 0.167. The first-order valence-electron chi connectivity index (χ1n) is 4.86. The lowest BCUT2D eigenvalue weighted by Gasteiger charge is -2.01. The molecule has 82 valence electrons. The first-order valence-corrected chi connectivity index (χ1v) is 4.86. The molecule has 0 bridgehead atoms. The number of benzene rings is 1. The van der Waals surface area contributed by atoms with E-state index in [2.05, 4.69) is 11.6 Å². The highest BCUT2D eigenvalue weighted by atomic mass is 16.4. The second-order valence-electron chi connectivity index (χ2n) is 3.71. The molecule has 0 amide bonds. The minimum absolute atomic E-state index is 0.0882. The van der Waals surface area contributed by atoms with E-state index in [9.17, 15) is 4.79 Å². The van der Waals surface area contributed by atoms with Crippen LogP contribution < -0.4 is 0 Å². The zero-order valence-corrected chi connectivity index (χ0v) is 9.19. The number of fused-ring (bicyclic) bond motifs is 1. The van der Waals surface area contributed by atoms with Crippen LogP contribution in [0.4, 0.5) is 0 Å². The van der Waals surface area contributed by atoms with E-state index in [0.717, 1.165) is 16.9 Å². The van der Waals surface area contributed by atoms with Crippen molar-refractivity contribution in [2.75, 3.05) is 0 Å². The van der Waals surface area contributed by atoms with Gasteiger partial charge >= 0.3 is 5.97 Å². The Morgan fingerprint density at radius 3 is 2.81 bits per heavy atom. The number of carboxylic acids is 1. The summed E-state index contributed by atoms with van der Waals surface area (Å²) in [5, 5.41) is 8.84. The van der Waals surface area contributed by atoms with Crippen LogP contribution in [0.1, 0.15) is 11.4 Å². The Morgan fingerprint density at radius 1 is 1.50 bits per heavy atom. The van der Waals surface area contributed by atoms with E-state index in [0.29, 0.717) is 5.56 Å². The molecule has 1 aromatic heterocycles. The molecule has 4 heteroatoms. The van der Waals surface area contributed by atoms with Crippen molar-refractivity contribution in [1.29, 1.82) is 0 Å². The third-order valence-electron chi connectivity index (χ3n) is 2.71. The Bertz CT molecular complexity index is 596. The number of hydrogen-bond donors (Lipinski definition) is 1. The largest absolute Gasteiger partial charge is 0.478 e. The summed E-state index contributed by atoms with van der Waals surface area (Å²) in [6.45, 7) is 5.43. The standard InChI is InChI=1S/C12H12N2O2/c1-7(12(15)16)9-4-5-11-10(6-9)13-8(2)14(11)3/h4-6H,1H2,2-3H3,(H,15,16). The van der Waals surface area contributed by atoms with Gasteiger partial charge in [0.15, 0.2) is 0 Å². The lowest BCUT2D eigenvalue weighted by molar-refractivity contribution is -0.130. The molecular formula is C12H12N2O2. The molecule has 0 unspecified atom stereocenters. The number of rotatable bonds is 2. The van der Waals surface area contributed by atoms with Crippen LogP contribution in [0.5, 0.6) is 0 Å². The van der Waals surface area contributed by atoms with Crippen LogP contribution in [0, 0.1) is 6.92 Å². The molecule has 0 saturated heterocycles. The van der Waals surface area contributed by atoms with Gasteiger partial charge in [-0.05, 0) is 24.6 Å². The zero-order chi connectivity index (χ0) is 11.9. The summed E-state index contributed by atoms with van der Waals surface area (Å²) in [6, 6.07) is 5.36. The summed E-state index contributed by atoms with van der Waals surface area (Å²) >= 11 is 0. The quantitative estimate of drug-likeness (QED) is 0.781. The molecule has 16 heavy (non-hydrogen) atoms. The van der Waals surface area contributed by atoms with E-state index in [1.807, 2.05) is 24.6 Å². The molecule has 0 radical (unpaired) electrons. The van der Waals surface area contributed by atoms with Crippen LogP contribution in [-0.2, 0) is 11.8 Å². The topological polar surface area (TPSA) is 55.1 Å². The molecule has 0 atom stereocenters. The van der Waals surface area contributed by atoms with Crippen molar-refractivity contribution >= 4 is 22.6 Å². The molecule has 0 aliphatic heterocycles. The number of imidazole rings is 1. The zero-order valence-electron chi connectivity index (χ0n) is 9.19. The molecule has 1 N–H and O–H groups in total. The normalized spacial score (nSPS) is 10.6. The maximum Gasteiger partial charge on any atom is 0.335 e. The monoisotopic (exact) mass is 216 g/mol. The molecule has 1 aromatic carbocycles. The molecule has 0 fully saturated rings. The van der Waals surface area contributed by atoms with Crippen molar-refractivity contribution in [3.63, 3.8) is 0 Å². The predicted octanol–water partition coefficient (Wildman–Crippen LogP) is 1.98. The third kappa shape index (κ3) is 1.48. The fourth-order valence-electron chi connectivity index (χ4n) is 1.63. The van der Waals surface area contributed by atoms with Crippen LogP contribution in [-0.4, -0.2) is 20.6 Å². The Morgan fingerprint density at radius 2 is 2.19 bits per heavy atom. The second kappa shape index (κ2) is 3.48. The van der Waals surface area contributed by atoms with Gasteiger partial charge in [0, 0.05) is 7.05 Å². The highest BCUT2D eigenvalue weighted by Crippen LogP contribution is 2.20. The lowest BCUT2D eigenvalue weighted by atomic mass is 10.1. The van der Waals surface area contributed by atoms with E-state index in [-0.39, 0.29) is 5.57 Å². The van der Waals surface area contributed by atoms with Crippen molar-refractivity contribution in [1.82, 2.24) is 9.55 Å². The SMILES string of the molecule is C=C(C(=O)O)c1ccc2c(c1)nc(C)n2C. The molecule has 2 rings (SSSR count). The maximum atomic E-state index is 10.8. The number of nitrogens with zero attached hydrogens (tertiary/aromatic N) is 2. The predicted molar refractivity (Wildman–Crippen MR) is 62.1 cm³/mol. The summed E-state index contributed by atoms with van der Waals surface area (Å²) in [5.41, 5.74) is 2.46. The van der Waals surface area contributed by atoms with Crippen LogP contribution in [0.3, 0.4) is 0 Å². The summed E-state index contributed by atoms with van der Waals surface area (Å²) in [5.74, 6) is -0.111. The van der Waals surface area contributed by atoms with Gasteiger partial charge in [-0.3, -0.25) is 0 Å². The third-order valence-corrected chi connectivity index (χ3v) is 2.71. The molecule has 2 aromatic rings. The smallest absolute Gasteiger partial charge is 0.335 e. The van der Waals surface area contributed by atoms with Crippen LogP contribution in [0.25, 0.3) is 16.6 Å². The maximum absolute atomic E-state index is 10.8. The van der Waals surface area contributed by atoms with Gasteiger partial charge in [0.25, 0.3) is 0 Å². The van der Waals surface area contributed by atoms with Gasteiger partial charge in [0.05, 0.1) is 16.6 Å². The van der Waals surface area contributed by atoms with Crippen LogP contribution in [0.15, 0.2) is 24.8 Å². The number of carbonyl (C=O) groups is 1. The molecule has 1 heterocycles. The van der Waals surface area contributed by atoms with Gasteiger partial charge in [-0.25, -0.2) is 9.78 Å². The average Bonchev–Trinajstić information content (AvgIpc) is 2.53.